The lowest BCUT2D eigenvalue weighted by Crippen LogP contribution is -2.23. The minimum atomic E-state index is -0.561. The number of nitrogens with one attached hydrogen (secondary N) is 1. The zero-order valence-electron chi connectivity index (χ0n) is 12.2. The molecule has 0 unspecified atom stereocenters. The summed E-state index contributed by atoms with van der Waals surface area (Å²) in [4.78, 5) is 11.7. The van der Waals surface area contributed by atoms with E-state index in [0.717, 1.165) is 5.56 Å². The molecule has 2 aromatic carbocycles. The van der Waals surface area contributed by atoms with Crippen LogP contribution in [0.4, 0.5) is 0 Å². The molecule has 0 bridgehead atoms. The number of benzene rings is 2. The van der Waals surface area contributed by atoms with Gasteiger partial charge in [-0.15, -0.1) is 0 Å². The highest BCUT2D eigenvalue weighted by atomic mass is 16.3. The highest BCUT2D eigenvalue weighted by Gasteiger charge is 2.08. The van der Waals surface area contributed by atoms with Gasteiger partial charge in [-0.2, -0.15) is 0 Å². The molecule has 6 heteroatoms. The van der Waals surface area contributed by atoms with Crippen LogP contribution < -0.4 is 5.32 Å². The summed E-state index contributed by atoms with van der Waals surface area (Å²) in [6.07, 6.45) is 3.38. The third-order valence-electron chi connectivity index (χ3n) is 3.16. The lowest BCUT2D eigenvalue weighted by molar-refractivity contribution is -0.116. The maximum Gasteiger partial charge on any atom is 0.244 e. The molecule has 0 atom stereocenters. The molecule has 120 valence electrons. The minimum absolute atomic E-state index is 0.159. The van der Waals surface area contributed by atoms with E-state index in [4.69, 9.17) is 5.11 Å². The van der Waals surface area contributed by atoms with Gasteiger partial charge in [-0.3, -0.25) is 4.79 Å². The smallest absolute Gasteiger partial charge is 0.244 e. The van der Waals surface area contributed by atoms with Crippen molar-refractivity contribution < 1.29 is 25.2 Å². The largest absolute Gasteiger partial charge is 0.508 e. The summed E-state index contributed by atoms with van der Waals surface area (Å²) in [6, 6.07) is 9.08. The van der Waals surface area contributed by atoms with Gasteiger partial charge in [-0.05, 0) is 47.9 Å². The zero-order valence-corrected chi connectivity index (χ0v) is 12.2. The third-order valence-corrected chi connectivity index (χ3v) is 3.16. The van der Waals surface area contributed by atoms with Gasteiger partial charge in [0.15, 0.2) is 17.2 Å². The number of phenolic OH excluding ortho intramolecular Hbond substituents is 4. The maximum atomic E-state index is 11.7. The number of hydrogen-bond acceptors (Lipinski definition) is 5. The molecule has 2 aromatic rings. The third kappa shape index (κ3) is 4.67. The highest BCUT2D eigenvalue weighted by Crippen LogP contribution is 2.35. The molecule has 0 saturated heterocycles. The summed E-state index contributed by atoms with van der Waals surface area (Å²) in [5, 5.41) is 39.9. The molecule has 0 heterocycles. The van der Waals surface area contributed by atoms with Gasteiger partial charge in [0, 0.05) is 12.6 Å². The maximum absolute atomic E-state index is 11.7. The van der Waals surface area contributed by atoms with Crippen molar-refractivity contribution in [2.45, 2.75) is 6.42 Å². The van der Waals surface area contributed by atoms with Gasteiger partial charge in [-0.25, -0.2) is 0 Å². The molecular weight excluding hydrogens is 298 g/mol. The van der Waals surface area contributed by atoms with Crippen LogP contribution in [-0.2, 0) is 11.2 Å². The molecule has 2 rings (SSSR count). The molecule has 0 aliphatic heterocycles. The minimum Gasteiger partial charge on any atom is -0.508 e. The number of carbonyl (C=O) groups is 1. The summed E-state index contributed by atoms with van der Waals surface area (Å²) in [7, 11) is 0. The SMILES string of the molecule is O=C(C=Cc1ccc(O)cc1)NCCc1cc(O)c(O)c(O)c1. The van der Waals surface area contributed by atoms with Crippen molar-refractivity contribution in [3.8, 4) is 23.0 Å². The van der Waals surface area contributed by atoms with Crippen molar-refractivity contribution in [1.82, 2.24) is 5.32 Å². The molecular formula is C17H17NO5. The second-order valence-electron chi connectivity index (χ2n) is 4.95. The van der Waals surface area contributed by atoms with E-state index in [2.05, 4.69) is 5.32 Å². The van der Waals surface area contributed by atoms with Gasteiger partial charge in [-0.1, -0.05) is 12.1 Å². The van der Waals surface area contributed by atoms with E-state index in [-0.39, 0.29) is 11.7 Å². The first kappa shape index (κ1) is 16.2. The van der Waals surface area contributed by atoms with E-state index in [9.17, 15) is 20.1 Å². The van der Waals surface area contributed by atoms with E-state index in [1.807, 2.05) is 0 Å². The first-order valence-corrected chi connectivity index (χ1v) is 6.94. The summed E-state index contributed by atoms with van der Waals surface area (Å²) >= 11 is 0. The Morgan fingerprint density at radius 2 is 1.61 bits per heavy atom. The molecule has 0 fully saturated rings. The fourth-order valence-electron chi connectivity index (χ4n) is 1.95. The molecule has 0 aliphatic carbocycles. The van der Waals surface area contributed by atoms with Gasteiger partial charge in [0.1, 0.15) is 5.75 Å². The van der Waals surface area contributed by atoms with Crippen molar-refractivity contribution in [3.05, 3.63) is 53.6 Å². The Morgan fingerprint density at radius 3 is 2.22 bits per heavy atom. The molecule has 0 radical (unpaired) electrons. The number of amides is 1. The Labute approximate surface area is 133 Å². The van der Waals surface area contributed by atoms with Crippen molar-refractivity contribution >= 4 is 12.0 Å². The van der Waals surface area contributed by atoms with Crippen LogP contribution in [0.3, 0.4) is 0 Å². The Kier molecular flexibility index (Phi) is 5.09. The molecule has 1 amide bonds. The average molecular weight is 315 g/mol. The van der Waals surface area contributed by atoms with Gasteiger partial charge < -0.3 is 25.7 Å². The van der Waals surface area contributed by atoms with Crippen LogP contribution in [0.5, 0.6) is 23.0 Å². The fourth-order valence-corrected chi connectivity index (χ4v) is 1.95. The number of aromatic hydroxyl groups is 4. The van der Waals surface area contributed by atoms with Crippen molar-refractivity contribution in [1.29, 1.82) is 0 Å². The van der Waals surface area contributed by atoms with Gasteiger partial charge >= 0.3 is 0 Å². The lowest BCUT2D eigenvalue weighted by atomic mass is 10.1. The topological polar surface area (TPSA) is 110 Å². The molecule has 0 saturated carbocycles. The van der Waals surface area contributed by atoms with Crippen LogP contribution in [0, 0.1) is 0 Å². The molecule has 5 N–H and O–H groups in total. The monoisotopic (exact) mass is 315 g/mol. The van der Waals surface area contributed by atoms with Gasteiger partial charge in [0.25, 0.3) is 0 Å². The molecule has 6 nitrogen and oxygen atoms in total. The Morgan fingerprint density at radius 1 is 1.00 bits per heavy atom. The highest BCUT2D eigenvalue weighted by molar-refractivity contribution is 5.91. The first-order valence-electron chi connectivity index (χ1n) is 6.94. The lowest BCUT2D eigenvalue weighted by Gasteiger charge is -2.06. The number of carbonyl (C=O) groups excluding carboxylic acids is 1. The first-order chi connectivity index (χ1) is 11.0. The van der Waals surface area contributed by atoms with E-state index in [1.165, 1.54) is 30.3 Å². The molecule has 0 aliphatic rings. The quantitative estimate of drug-likeness (QED) is 0.427. The zero-order chi connectivity index (χ0) is 16.8. The van der Waals surface area contributed by atoms with Crippen molar-refractivity contribution in [2.24, 2.45) is 0 Å². The van der Waals surface area contributed by atoms with Crippen LogP contribution in [-0.4, -0.2) is 32.9 Å². The van der Waals surface area contributed by atoms with Crippen LogP contribution in [0.25, 0.3) is 6.08 Å². The predicted molar refractivity (Wildman–Crippen MR) is 85.3 cm³/mol. The number of phenols is 4. The fraction of sp³-hybridized carbons (Fsp3) is 0.118. The normalized spacial score (nSPS) is 10.8. The summed E-state index contributed by atoms with van der Waals surface area (Å²) in [6.45, 7) is 0.308. The summed E-state index contributed by atoms with van der Waals surface area (Å²) < 4.78 is 0. The predicted octanol–water partition coefficient (Wildman–Crippen LogP) is 1.88. The van der Waals surface area contributed by atoms with E-state index >= 15 is 0 Å². The van der Waals surface area contributed by atoms with Crippen LogP contribution in [0.1, 0.15) is 11.1 Å². The van der Waals surface area contributed by atoms with Crippen LogP contribution in [0.15, 0.2) is 42.5 Å². The second kappa shape index (κ2) is 7.22. The van der Waals surface area contributed by atoms with Crippen molar-refractivity contribution in [3.63, 3.8) is 0 Å². The number of hydrogen-bond donors (Lipinski definition) is 5. The number of rotatable bonds is 5. The molecule has 23 heavy (non-hydrogen) atoms. The summed E-state index contributed by atoms with van der Waals surface area (Å²) in [5.41, 5.74) is 1.37. The van der Waals surface area contributed by atoms with Crippen LogP contribution >= 0.6 is 0 Å². The van der Waals surface area contributed by atoms with E-state index < -0.39 is 17.2 Å². The average Bonchev–Trinajstić information content (AvgIpc) is 2.52. The summed E-state index contributed by atoms with van der Waals surface area (Å²) in [5.74, 6) is -1.50. The Hall–Kier alpha value is -3.15. The Bertz CT molecular complexity index is 699. The second-order valence-corrected chi connectivity index (χ2v) is 4.95. The van der Waals surface area contributed by atoms with Crippen molar-refractivity contribution in [2.75, 3.05) is 6.54 Å². The van der Waals surface area contributed by atoms with Crippen LogP contribution in [0.2, 0.25) is 0 Å². The standard InChI is InChI=1S/C17H17NO5/c19-13-4-1-11(2-5-13)3-6-16(22)18-8-7-12-9-14(20)17(23)15(21)10-12/h1-6,9-10,19-21,23H,7-8H2,(H,18,22). The van der Waals surface area contributed by atoms with E-state index in [0.29, 0.717) is 18.5 Å². The Balaban J connectivity index is 1.84. The van der Waals surface area contributed by atoms with Gasteiger partial charge in [0.05, 0.1) is 0 Å². The van der Waals surface area contributed by atoms with Gasteiger partial charge in [0.2, 0.25) is 5.91 Å². The molecule has 0 spiro atoms. The molecule has 0 aromatic heterocycles. The van der Waals surface area contributed by atoms with E-state index in [1.54, 1.807) is 18.2 Å².